The third kappa shape index (κ3) is 3.33. The molecule has 0 saturated carbocycles. The standard InChI is InChI=1S/C5H10O2/c1-2-3-5(7)4-6/h3,6-7H,2,4H2,1H3/b5-3+. The van der Waals surface area contributed by atoms with E-state index in [1.54, 1.807) is 6.08 Å². The second-order valence-electron chi connectivity index (χ2n) is 1.26. The van der Waals surface area contributed by atoms with Crippen LogP contribution in [0.4, 0.5) is 0 Å². The fourth-order valence-electron chi connectivity index (χ4n) is 0.300. The lowest BCUT2D eigenvalue weighted by Crippen LogP contribution is -1.85. The number of aliphatic hydroxyl groups is 2. The summed E-state index contributed by atoms with van der Waals surface area (Å²) in [5.41, 5.74) is 0. The van der Waals surface area contributed by atoms with Crippen LogP contribution in [0.5, 0.6) is 0 Å². The van der Waals surface area contributed by atoms with E-state index in [1.807, 2.05) is 6.92 Å². The van der Waals surface area contributed by atoms with Gasteiger partial charge in [0.1, 0.15) is 5.76 Å². The Labute approximate surface area is 43.1 Å². The van der Waals surface area contributed by atoms with E-state index in [4.69, 9.17) is 10.2 Å². The van der Waals surface area contributed by atoms with E-state index in [0.29, 0.717) is 0 Å². The summed E-state index contributed by atoms with van der Waals surface area (Å²) in [4.78, 5) is 0. The lowest BCUT2D eigenvalue weighted by atomic mass is 10.4. The molecule has 0 fully saturated rings. The Morgan fingerprint density at radius 3 is 2.43 bits per heavy atom. The second kappa shape index (κ2) is 3.68. The monoisotopic (exact) mass is 102 g/mol. The predicted octanol–water partition coefficient (Wildman–Crippen LogP) is 0.831. The molecule has 0 aromatic heterocycles. The largest absolute Gasteiger partial charge is 0.510 e. The van der Waals surface area contributed by atoms with Gasteiger partial charge in [0.05, 0.1) is 6.61 Å². The second-order valence-corrected chi connectivity index (χ2v) is 1.26. The predicted molar refractivity (Wildman–Crippen MR) is 28.1 cm³/mol. The molecule has 0 radical (unpaired) electrons. The van der Waals surface area contributed by atoms with Gasteiger partial charge in [-0.2, -0.15) is 0 Å². The fraction of sp³-hybridized carbons (Fsp3) is 0.600. The molecule has 0 bridgehead atoms. The quantitative estimate of drug-likeness (QED) is 0.507. The third-order valence-corrected chi connectivity index (χ3v) is 0.602. The Kier molecular flexibility index (Phi) is 3.42. The average Bonchev–Trinajstić information content (AvgIpc) is 1.68. The molecule has 2 N–H and O–H groups in total. The first-order valence-electron chi connectivity index (χ1n) is 2.30. The highest BCUT2D eigenvalue weighted by Gasteiger charge is 1.81. The molecular weight excluding hydrogens is 92.1 g/mol. The summed E-state index contributed by atoms with van der Waals surface area (Å²) < 4.78 is 0. The first-order chi connectivity index (χ1) is 3.31. The van der Waals surface area contributed by atoms with Crippen LogP contribution < -0.4 is 0 Å². The summed E-state index contributed by atoms with van der Waals surface area (Å²) in [6.45, 7) is 1.65. The van der Waals surface area contributed by atoms with Crippen molar-refractivity contribution in [1.82, 2.24) is 0 Å². The van der Waals surface area contributed by atoms with E-state index in [0.717, 1.165) is 6.42 Å². The molecule has 0 atom stereocenters. The zero-order valence-corrected chi connectivity index (χ0v) is 4.39. The molecule has 0 aliphatic heterocycles. The van der Waals surface area contributed by atoms with E-state index < -0.39 is 0 Å². The number of hydrogen-bond donors (Lipinski definition) is 2. The Balaban J connectivity index is 3.29. The van der Waals surface area contributed by atoms with Gasteiger partial charge in [-0.25, -0.2) is 0 Å². The molecule has 0 aliphatic rings. The number of aliphatic hydroxyl groups excluding tert-OH is 2. The molecular formula is C5H10O2. The van der Waals surface area contributed by atoms with Crippen LogP contribution in [-0.2, 0) is 0 Å². The molecule has 0 aromatic rings. The highest BCUT2D eigenvalue weighted by Crippen LogP contribution is 1.86. The van der Waals surface area contributed by atoms with Crippen LogP contribution >= 0.6 is 0 Å². The van der Waals surface area contributed by atoms with Crippen LogP contribution in [0, 0.1) is 0 Å². The fourth-order valence-corrected chi connectivity index (χ4v) is 0.300. The van der Waals surface area contributed by atoms with Gasteiger partial charge < -0.3 is 10.2 Å². The number of rotatable bonds is 2. The van der Waals surface area contributed by atoms with E-state index in [9.17, 15) is 0 Å². The highest BCUT2D eigenvalue weighted by molar-refractivity contribution is 4.88. The van der Waals surface area contributed by atoms with E-state index >= 15 is 0 Å². The Morgan fingerprint density at radius 2 is 2.29 bits per heavy atom. The molecule has 0 rings (SSSR count). The van der Waals surface area contributed by atoms with Crippen LogP contribution in [0.3, 0.4) is 0 Å². The summed E-state index contributed by atoms with van der Waals surface area (Å²) in [5.74, 6) is 0.0579. The summed E-state index contributed by atoms with van der Waals surface area (Å²) >= 11 is 0. The van der Waals surface area contributed by atoms with Gasteiger partial charge in [-0.3, -0.25) is 0 Å². The van der Waals surface area contributed by atoms with Crippen LogP contribution in [0.15, 0.2) is 11.8 Å². The molecule has 2 heteroatoms. The first-order valence-corrected chi connectivity index (χ1v) is 2.30. The number of allylic oxidation sites excluding steroid dienone is 1. The topological polar surface area (TPSA) is 40.5 Å². The Morgan fingerprint density at radius 1 is 1.71 bits per heavy atom. The molecule has 0 aromatic carbocycles. The first kappa shape index (κ1) is 6.50. The summed E-state index contributed by atoms with van der Waals surface area (Å²) in [6, 6.07) is 0. The minimum absolute atomic E-state index is 0.0579. The Hall–Kier alpha value is -0.500. The zero-order valence-electron chi connectivity index (χ0n) is 4.39. The van der Waals surface area contributed by atoms with Gasteiger partial charge in [-0.1, -0.05) is 6.92 Å². The van der Waals surface area contributed by atoms with E-state index in [-0.39, 0.29) is 12.4 Å². The molecule has 0 aliphatic carbocycles. The van der Waals surface area contributed by atoms with Crippen molar-refractivity contribution in [2.45, 2.75) is 13.3 Å². The summed E-state index contributed by atoms with van der Waals surface area (Å²) in [7, 11) is 0. The van der Waals surface area contributed by atoms with Crippen molar-refractivity contribution < 1.29 is 10.2 Å². The van der Waals surface area contributed by atoms with Crippen molar-refractivity contribution >= 4 is 0 Å². The normalized spacial score (nSPS) is 12.0. The van der Waals surface area contributed by atoms with Crippen molar-refractivity contribution in [3.05, 3.63) is 11.8 Å². The van der Waals surface area contributed by atoms with Crippen molar-refractivity contribution in [2.24, 2.45) is 0 Å². The molecule has 0 saturated heterocycles. The summed E-state index contributed by atoms with van der Waals surface area (Å²) in [6.07, 6.45) is 2.34. The van der Waals surface area contributed by atoms with Crippen LogP contribution in [0.25, 0.3) is 0 Å². The smallest absolute Gasteiger partial charge is 0.114 e. The maximum Gasteiger partial charge on any atom is 0.114 e. The van der Waals surface area contributed by atoms with Crippen molar-refractivity contribution in [2.75, 3.05) is 6.61 Å². The van der Waals surface area contributed by atoms with Crippen molar-refractivity contribution in [3.63, 3.8) is 0 Å². The minimum Gasteiger partial charge on any atom is -0.510 e. The molecule has 0 unspecified atom stereocenters. The maximum atomic E-state index is 8.47. The van der Waals surface area contributed by atoms with Gasteiger partial charge in [0.15, 0.2) is 0 Å². The Bertz CT molecular complexity index is 66.5. The minimum atomic E-state index is -0.242. The summed E-state index contributed by atoms with van der Waals surface area (Å²) in [5, 5.41) is 16.6. The van der Waals surface area contributed by atoms with Gasteiger partial charge in [0.2, 0.25) is 0 Å². The van der Waals surface area contributed by atoms with Gasteiger partial charge in [-0.05, 0) is 12.5 Å². The maximum absolute atomic E-state index is 8.47. The highest BCUT2D eigenvalue weighted by atomic mass is 16.3. The van der Waals surface area contributed by atoms with E-state index in [2.05, 4.69) is 0 Å². The van der Waals surface area contributed by atoms with Crippen molar-refractivity contribution in [1.29, 1.82) is 0 Å². The zero-order chi connectivity index (χ0) is 5.70. The molecule has 0 heterocycles. The van der Waals surface area contributed by atoms with Gasteiger partial charge in [-0.15, -0.1) is 0 Å². The SMILES string of the molecule is CC/C=C(/O)CO. The van der Waals surface area contributed by atoms with Gasteiger partial charge >= 0.3 is 0 Å². The van der Waals surface area contributed by atoms with Gasteiger partial charge in [0, 0.05) is 0 Å². The van der Waals surface area contributed by atoms with Crippen LogP contribution in [-0.4, -0.2) is 16.8 Å². The van der Waals surface area contributed by atoms with E-state index in [1.165, 1.54) is 0 Å². The molecule has 0 amide bonds. The molecule has 0 spiro atoms. The molecule has 2 nitrogen and oxygen atoms in total. The third-order valence-electron chi connectivity index (χ3n) is 0.602. The average molecular weight is 102 g/mol. The van der Waals surface area contributed by atoms with Crippen molar-refractivity contribution in [3.8, 4) is 0 Å². The lowest BCUT2D eigenvalue weighted by Gasteiger charge is -1.87. The van der Waals surface area contributed by atoms with Crippen LogP contribution in [0.1, 0.15) is 13.3 Å². The number of hydrogen-bond acceptors (Lipinski definition) is 2. The van der Waals surface area contributed by atoms with Gasteiger partial charge in [0.25, 0.3) is 0 Å². The lowest BCUT2D eigenvalue weighted by molar-refractivity contribution is 0.252. The molecule has 42 valence electrons. The van der Waals surface area contributed by atoms with Crippen LogP contribution in [0.2, 0.25) is 0 Å². The molecule has 7 heavy (non-hydrogen) atoms.